The Labute approximate surface area is 159 Å². The highest BCUT2D eigenvalue weighted by Gasteiger charge is 2.20. The van der Waals surface area contributed by atoms with Crippen molar-refractivity contribution in [2.45, 2.75) is 20.8 Å². The van der Waals surface area contributed by atoms with Crippen LogP contribution in [0.2, 0.25) is 0 Å². The number of benzene rings is 2. The molecule has 142 valence electrons. The van der Waals surface area contributed by atoms with Gasteiger partial charge in [0.25, 0.3) is 5.69 Å². The zero-order valence-corrected chi connectivity index (χ0v) is 16.0. The lowest BCUT2D eigenvalue weighted by Crippen LogP contribution is -2.32. The maximum absolute atomic E-state index is 11.6. The summed E-state index contributed by atoms with van der Waals surface area (Å²) in [6.45, 7) is 8.39. The largest absolute Gasteiger partial charge is 0.491 e. The number of hydrogen-bond donors (Lipinski definition) is 2. The molecule has 2 N–H and O–H groups in total. The fourth-order valence-corrected chi connectivity index (χ4v) is 3.36. The second-order valence-corrected chi connectivity index (χ2v) is 6.75. The molecule has 0 unspecified atom stereocenters. The van der Waals surface area contributed by atoms with Crippen LogP contribution in [0.4, 0.5) is 10.5 Å². The van der Waals surface area contributed by atoms with Crippen molar-refractivity contribution in [3.63, 3.8) is 0 Å². The number of hydrogen-bond acceptors (Lipinski definition) is 3. The van der Waals surface area contributed by atoms with Gasteiger partial charge in [0.2, 0.25) is 6.21 Å². The predicted molar refractivity (Wildman–Crippen MR) is 104 cm³/mol. The van der Waals surface area contributed by atoms with Gasteiger partial charge in [0.05, 0.1) is 12.1 Å². The van der Waals surface area contributed by atoms with Gasteiger partial charge < -0.3 is 15.0 Å². The molecular weight excluding hydrogens is 342 g/mol. The molecule has 0 spiro atoms. The van der Waals surface area contributed by atoms with Gasteiger partial charge in [-0.2, -0.15) is 0 Å². The van der Waals surface area contributed by atoms with Crippen molar-refractivity contribution in [3.8, 4) is 5.75 Å². The van der Waals surface area contributed by atoms with E-state index in [9.17, 15) is 10.0 Å². The van der Waals surface area contributed by atoms with Crippen LogP contribution >= 0.6 is 0 Å². The lowest BCUT2D eigenvalue weighted by Gasteiger charge is -2.18. The van der Waals surface area contributed by atoms with Crippen molar-refractivity contribution < 1.29 is 19.5 Å². The summed E-state index contributed by atoms with van der Waals surface area (Å²) < 4.78 is 7.15. The Balaban J connectivity index is 1.81. The van der Waals surface area contributed by atoms with E-state index in [1.165, 1.54) is 0 Å². The van der Waals surface area contributed by atoms with E-state index in [4.69, 9.17) is 4.74 Å². The summed E-state index contributed by atoms with van der Waals surface area (Å²) in [7, 11) is 0. The standard InChI is InChI=1S/C21H25N3O3/c1-15-13-16(2)20(27-12-11-23-10-9-22-21(23)25)17(3)19(15)14-24(26)18-7-5-4-6-8-18/h4-8,13-14H,9-12H2,1-3H3,(H-,22,25,26)/p+1/b24-14-. The van der Waals surface area contributed by atoms with E-state index in [1.807, 2.05) is 51.1 Å². The minimum atomic E-state index is -0.0382. The summed E-state index contributed by atoms with van der Waals surface area (Å²) in [5, 5.41) is 13.2. The third-order valence-electron chi connectivity index (χ3n) is 4.79. The second kappa shape index (κ2) is 8.12. The lowest BCUT2D eigenvalue weighted by molar-refractivity contribution is -0.709. The van der Waals surface area contributed by atoms with E-state index in [-0.39, 0.29) is 6.03 Å². The fourth-order valence-electron chi connectivity index (χ4n) is 3.36. The summed E-state index contributed by atoms with van der Waals surface area (Å²) in [5.41, 5.74) is 4.68. The quantitative estimate of drug-likeness (QED) is 0.356. The van der Waals surface area contributed by atoms with Crippen LogP contribution in [0.25, 0.3) is 0 Å². The van der Waals surface area contributed by atoms with Gasteiger partial charge in [-0.05, 0) is 31.9 Å². The van der Waals surface area contributed by atoms with Crippen LogP contribution in [0.15, 0.2) is 36.4 Å². The summed E-state index contributed by atoms with van der Waals surface area (Å²) in [5.74, 6) is 0.799. The Bertz CT molecular complexity index is 863. The Morgan fingerprint density at radius 1 is 1.22 bits per heavy atom. The number of carbonyl (C=O) groups is 1. The molecule has 1 saturated heterocycles. The molecule has 2 aromatic rings. The van der Waals surface area contributed by atoms with E-state index in [2.05, 4.69) is 11.4 Å². The van der Waals surface area contributed by atoms with E-state index in [0.717, 1.165) is 32.7 Å². The molecule has 2 amide bonds. The van der Waals surface area contributed by atoms with Crippen molar-refractivity contribution in [1.29, 1.82) is 0 Å². The van der Waals surface area contributed by atoms with Crippen molar-refractivity contribution in [2.24, 2.45) is 0 Å². The monoisotopic (exact) mass is 368 g/mol. The highest BCUT2D eigenvalue weighted by molar-refractivity contribution is 5.82. The van der Waals surface area contributed by atoms with Crippen LogP contribution in [0.1, 0.15) is 22.3 Å². The van der Waals surface area contributed by atoms with Crippen LogP contribution in [0.3, 0.4) is 0 Å². The summed E-state index contributed by atoms with van der Waals surface area (Å²) in [6.07, 6.45) is 1.71. The molecule has 0 aliphatic carbocycles. The Morgan fingerprint density at radius 2 is 1.96 bits per heavy atom. The van der Waals surface area contributed by atoms with E-state index in [1.54, 1.807) is 11.1 Å². The van der Waals surface area contributed by atoms with Gasteiger partial charge >= 0.3 is 6.03 Å². The minimum absolute atomic E-state index is 0.0382. The molecule has 0 atom stereocenters. The third kappa shape index (κ3) is 4.22. The second-order valence-electron chi connectivity index (χ2n) is 6.75. The number of urea groups is 1. The van der Waals surface area contributed by atoms with Gasteiger partial charge in [0.1, 0.15) is 12.4 Å². The van der Waals surface area contributed by atoms with Gasteiger partial charge in [-0.25, -0.2) is 4.79 Å². The highest BCUT2D eigenvalue weighted by Crippen LogP contribution is 2.28. The summed E-state index contributed by atoms with van der Waals surface area (Å²) in [6, 6.07) is 11.4. The van der Waals surface area contributed by atoms with Crippen molar-refractivity contribution in [2.75, 3.05) is 26.2 Å². The molecule has 1 aliphatic heterocycles. The van der Waals surface area contributed by atoms with Gasteiger partial charge in [-0.15, -0.1) is 0 Å². The van der Waals surface area contributed by atoms with E-state index in [0.29, 0.717) is 31.9 Å². The first-order valence-corrected chi connectivity index (χ1v) is 9.12. The molecule has 0 bridgehead atoms. The normalized spacial score (nSPS) is 14.4. The molecule has 0 aromatic heterocycles. The highest BCUT2D eigenvalue weighted by atomic mass is 16.5. The van der Waals surface area contributed by atoms with Gasteiger partial charge in [0, 0.05) is 35.5 Å². The molecule has 27 heavy (non-hydrogen) atoms. The van der Waals surface area contributed by atoms with Crippen LogP contribution in [0.5, 0.6) is 5.75 Å². The number of nitrogens with zero attached hydrogens (tertiary/aromatic N) is 2. The number of ether oxygens (including phenoxy) is 1. The maximum atomic E-state index is 11.6. The number of aryl methyl sites for hydroxylation is 2. The third-order valence-corrected chi connectivity index (χ3v) is 4.79. The number of carbonyl (C=O) groups excluding carboxylic acids is 1. The Kier molecular flexibility index (Phi) is 5.64. The zero-order valence-electron chi connectivity index (χ0n) is 16.0. The number of amides is 2. The van der Waals surface area contributed by atoms with Gasteiger partial charge in [-0.1, -0.05) is 24.3 Å². The van der Waals surface area contributed by atoms with Crippen LogP contribution in [0, 0.1) is 20.8 Å². The predicted octanol–water partition coefficient (Wildman–Crippen LogP) is 3.17. The first kappa shape index (κ1) is 18.8. The number of rotatable bonds is 6. The summed E-state index contributed by atoms with van der Waals surface area (Å²) >= 11 is 0. The van der Waals surface area contributed by atoms with Crippen molar-refractivity contribution in [3.05, 3.63) is 58.7 Å². The first-order valence-electron chi connectivity index (χ1n) is 9.12. The molecule has 1 fully saturated rings. The molecule has 1 aliphatic rings. The lowest BCUT2D eigenvalue weighted by atomic mass is 9.99. The molecule has 3 rings (SSSR count). The fraction of sp³-hybridized carbons (Fsp3) is 0.333. The average molecular weight is 368 g/mol. The molecule has 0 radical (unpaired) electrons. The molecule has 6 heteroatoms. The van der Waals surface area contributed by atoms with Crippen LogP contribution in [-0.2, 0) is 0 Å². The molecule has 0 saturated carbocycles. The zero-order chi connectivity index (χ0) is 19.4. The Morgan fingerprint density at radius 3 is 2.63 bits per heavy atom. The Hall–Kier alpha value is -3.02. The summed E-state index contributed by atoms with van der Waals surface area (Å²) in [4.78, 5) is 13.4. The van der Waals surface area contributed by atoms with Crippen LogP contribution < -0.4 is 10.1 Å². The minimum Gasteiger partial charge on any atom is -0.491 e. The topological polar surface area (TPSA) is 64.8 Å². The van der Waals surface area contributed by atoms with Crippen LogP contribution in [-0.4, -0.2) is 53.3 Å². The van der Waals surface area contributed by atoms with Gasteiger partial charge in [-0.3, -0.25) is 5.21 Å². The van der Waals surface area contributed by atoms with E-state index >= 15 is 0 Å². The average Bonchev–Trinajstić information content (AvgIpc) is 3.07. The molecule has 2 aromatic carbocycles. The number of nitrogens with one attached hydrogen (secondary N) is 1. The maximum Gasteiger partial charge on any atom is 0.317 e. The SMILES string of the molecule is Cc1cc(C)c(OCCN2CCNC2=O)c(C)c1/C=[N+](\O)c1ccccc1. The van der Waals surface area contributed by atoms with Crippen molar-refractivity contribution in [1.82, 2.24) is 10.2 Å². The number of para-hydroxylation sites is 1. The van der Waals surface area contributed by atoms with E-state index < -0.39 is 0 Å². The molecular formula is C21H26N3O3+. The molecule has 6 nitrogen and oxygen atoms in total. The van der Waals surface area contributed by atoms with Gasteiger partial charge in [0.15, 0.2) is 0 Å². The smallest absolute Gasteiger partial charge is 0.317 e. The van der Waals surface area contributed by atoms with Crippen molar-refractivity contribution >= 4 is 17.9 Å². The molecule has 1 heterocycles. The first-order chi connectivity index (χ1) is 13.0.